The first-order valence-electron chi connectivity index (χ1n) is 9.16. The molecule has 8 heteroatoms. The Labute approximate surface area is 165 Å². The Morgan fingerprint density at radius 2 is 1.96 bits per heavy atom. The minimum Gasteiger partial charge on any atom is -0.368 e. The molecule has 4 aromatic heterocycles. The zero-order valence-corrected chi connectivity index (χ0v) is 16.2. The van der Waals surface area contributed by atoms with E-state index in [1.165, 1.54) is 0 Å². The third-order valence-electron chi connectivity index (χ3n) is 5.25. The van der Waals surface area contributed by atoms with Gasteiger partial charge in [-0.3, -0.25) is 5.10 Å². The predicted octanol–water partition coefficient (Wildman–Crippen LogP) is 3.64. The number of hydrogen-bond acceptors (Lipinski definition) is 6. The second kappa shape index (κ2) is 6.96. The number of fused-ring (bicyclic) bond motifs is 1. The maximum Gasteiger partial charge on any atom is 0.222 e. The van der Waals surface area contributed by atoms with E-state index in [-0.39, 0.29) is 0 Å². The number of aromatic nitrogens is 4. The van der Waals surface area contributed by atoms with E-state index in [4.69, 9.17) is 0 Å². The fourth-order valence-electron chi connectivity index (χ4n) is 3.65. The highest BCUT2D eigenvalue weighted by Gasteiger charge is 2.21. The van der Waals surface area contributed by atoms with Crippen molar-refractivity contribution in [2.75, 3.05) is 38.1 Å². The predicted molar refractivity (Wildman–Crippen MR) is 110 cm³/mol. The van der Waals surface area contributed by atoms with Crippen molar-refractivity contribution >= 4 is 28.1 Å². The number of halogens is 1. The highest BCUT2D eigenvalue weighted by atomic mass is 32.1. The van der Waals surface area contributed by atoms with E-state index in [0.717, 1.165) is 48.4 Å². The summed E-state index contributed by atoms with van der Waals surface area (Å²) in [5.74, 6) is -0.511. The molecular formula is C20H19FN6S. The molecule has 1 N–H and O–H groups in total. The second-order valence-corrected chi connectivity index (χ2v) is 7.77. The third kappa shape index (κ3) is 2.94. The first-order valence-corrected chi connectivity index (χ1v) is 10.1. The smallest absolute Gasteiger partial charge is 0.222 e. The van der Waals surface area contributed by atoms with Gasteiger partial charge in [-0.1, -0.05) is 0 Å². The van der Waals surface area contributed by atoms with Crippen LogP contribution in [0.5, 0.6) is 0 Å². The van der Waals surface area contributed by atoms with Crippen LogP contribution in [0.4, 0.5) is 10.1 Å². The number of aromatic amines is 1. The van der Waals surface area contributed by atoms with Crippen LogP contribution in [0.1, 0.15) is 0 Å². The summed E-state index contributed by atoms with van der Waals surface area (Å²) in [5, 5.41) is 12.2. The lowest BCUT2D eigenvalue weighted by Crippen LogP contribution is -2.44. The Morgan fingerprint density at radius 1 is 1.11 bits per heavy atom. The molecule has 0 radical (unpaired) electrons. The molecule has 0 aliphatic carbocycles. The fourth-order valence-corrected chi connectivity index (χ4v) is 4.31. The SMILES string of the molecule is CN1CCN(c2cnc(F)c(-c3[nH]nc4nccc(-c5ccsc5)c34)c2)CC1. The molecular weight excluding hydrogens is 375 g/mol. The Bertz CT molecular complexity index is 1120. The number of H-pyrrole nitrogens is 1. The number of hydrogen-bond donors (Lipinski definition) is 1. The molecule has 5 heterocycles. The molecule has 0 bridgehead atoms. The second-order valence-electron chi connectivity index (χ2n) is 6.99. The number of pyridine rings is 2. The summed E-state index contributed by atoms with van der Waals surface area (Å²) in [5.41, 5.74) is 4.59. The molecule has 0 saturated carbocycles. The lowest BCUT2D eigenvalue weighted by Gasteiger charge is -2.34. The van der Waals surface area contributed by atoms with Crippen LogP contribution < -0.4 is 4.90 Å². The van der Waals surface area contributed by atoms with Gasteiger partial charge in [-0.2, -0.15) is 20.8 Å². The van der Waals surface area contributed by atoms with Crippen LogP contribution in [-0.4, -0.2) is 58.3 Å². The fraction of sp³-hybridized carbons (Fsp3) is 0.250. The van der Waals surface area contributed by atoms with E-state index >= 15 is 0 Å². The Hall–Kier alpha value is -2.84. The van der Waals surface area contributed by atoms with Crippen molar-refractivity contribution in [1.82, 2.24) is 25.1 Å². The number of nitrogens with one attached hydrogen (secondary N) is 1. The summed E-state index contributed by atoms with van der Waals surface area (Å²) in [6.45, 7) is 3.75. The molecule has 4 aromatic rings. The minimum atomic E-state index is -0.511. The van der Waals surface area contributed by atoms with Crippen LogP contribution in [0.25, 0.3) is 33.4 Å². The molecule has 5 rings (SSSR count). The van der Waals surface area contributed by atoms with Crippen molar-refractivity contribution in [1.29, 1.82) is 0 Å². The van der Waals surface area contributed by atoms with Gasteiger partial charge in [0.25, 0.3) is 0 Å². The lowest BCUT2D eigenvalue weighted by atomic mass is 10.0. The van der Waals surface area contributed by atoms with Crippen molar-refractivity contribution in [3.63, 3.8) is 0 Å². The molecule has 1 saturated heterocycles. The molecule has 6 nitrogen and oxygen atoms in total. The maximum atomic E-state index is 14.8. The molecule has 0 spiro atoms. The van der Waals surface area contributed by atoms with Crippen LogP contribution >= 0.6 is 11.3 Å². The van der Waals surface area contributed by atoms with Crippen molar-refractivity contribution in [2.45, 2.75) is 0 Å². The van der Waals surface area contributed by atoms with Gasteiger partial charge in [0.05, 0.1) is 28.5 Å². The number of anilines is 1. The average Bonchev–Trinajstić information content (AvgIpc) is 3.39. The highest BCUT2D eigenvalue weighted by molar-refractivity contribution is 7.08. The van der Waals surface area contributed by atoms with Crippen LogP contribution in [0.2, 0.25) is 0 Å². The molecule has 142 valence electrons. The average molecular weight is 394 g/mol. The Balaban J connectivity index is 1.63. The van der Waals surface area contributed by atoms with Crippen LogP contribution in [0.3, 0.4) is 0 Å². The zero-order valence-electron chi connectivity index (χ0n) is 15.4. The van der Waals surface area contributed by atoms with Gasteiger partial charge in [0, 0.05) is 32.4 Å². The van der Waals surface area contributed by atoms with Gasteiger partial charge >= 0.3 is 0 Å². The number of thiophene rings is 1. The first kappa shape index (κ1) is 17.3. The van der Waals surface area contributed by atoms with Gasteiger partial charge in [-0.05, 0) is 47.1 Å². The van der Waals surface area contributed by atoms with E-state index in [1.54, 1.807) is 23.7 Å². The van der Waals surface area contributed by atoms with Gasteiger partial charge in [-0.25, -0.2) is 9.97 Å². The number of piperazine rings is 1. The largest absolute Gasteiger partial charge is 0.368 e. The molecule has 0 amide bonds. The lowest BCUT2D eigenvalue weighted by molar-refractivity contribution is 0.312. The summed E-state index contributed by atoms with van der Waals surface area (Å²) in [6, 6.07) is 5.86. The summed E-state index contributed by atoms with van der Waals surface area (Å²) in [4.78, 5) is 12.9. The quantitative estimate of drug-likeness (QED) is 0.538. The van der Waals surface area contributed by atoms with E-state index in [2.05, 4.69) is 42.4 Å². The molecule has 1 aliphatic rings. The Morgan fingerprint density at radius 3 is 2.75 bits per heavy atom. The van der Waals surface area contributed by atoms with Gasteiger partial charge < -0.3 is 9.80 Å². The normalized spacial score (nSPS) is 15.4. The van der Waals surface area contributed by atoms with Gasteiger partial charge in [0.1, 0.15) is 0 Å². The standard InChI is InChI=1S/C20H19FN6S/c1-26-5-7-27(8-6-26)14-10-16(19(21)23-11-14)18-17-15(13-3-9-28-12-13)2-4-22-20(17)25-24-18/h2-4,9-12H,5-8H2,1H3,(H,22,24,25). The van der Waals surface area contributed by atoms with E-state index in [1.807, 2.05) is 23.6 Å². The topological polar surface area (TPSA) is 60.9 Å². The molecule has 28 heavy (non-hydrogen) atoms. The number of likely N-dealkylation sites (N-methyl/N-ethyl adjacent to an activating group) is 1. The zero-order chi connectivity index (χ0) is 19.1. The number of nitrogens with zero attached hydrogens (tertiary/aromatic N) is 5. The Kier molecular flexibility index (Phi) is 4.29. The van der Waals surface area contributed by atoms with Crippen molar-refractivity contribution < 1.29 is 4.39 Å². The van der Waals surface area contributed by atoms with Gasteiger partial charge in [0.2, 0.25) is 5.95 Å². The van der Waals surface area contributed by atoms with Crippen molar-refractivity contribution in [2.24, 2.45) is 0 Å². The van der Waals surface area contributed by atoms with Gasteiger partial charge in [0.15, 0.2) is 5.65 Å². The van der Waals surface area contributed by atoms with Crippen molar-refractivity contribution in [3.05, 3.63) is 47.3 Å². The minimum absolute atomic E-state index is 0.420. The van der Waals surface area contributed by atoms with Crippen LogP contribution in [-0.2, 0) is 0 Å². The molecule has 0 atom stereocenters. The van der Waals surface area contributed by atoms with E-state index in [9.17, 15) is 4.39 Å². The molecule has 0 unspecified atom stereocenters. The van der Waals surface area contributed by atoms with Crippen molar-refractivity contribution in [3.8, 4) is 22.4 Å². The molecule has 1 fully saturated rings. The summed E-state index contributed by atoms with van der Waals surface area (Å²) < 4.78 is 14.8. The highest BCUT2D eigenvalue weighted by Crippen LogP contribution is 2.36. The first-order chi connectivity index (χ1) is 13.7. The van der Waals surface area contributed by atoms with Crippen LogP contribution in [0.15, 0.2) is 41.4 Å². The van der Waals surface area contributed by atoms with E-state index in [0.29, 0.717) is 16.9 Å². The van der Waals surface area contributed by atoms with Crippen LogP contribution in [0, 0.1) is 5.95 Å². The monoisotopic (exact) mass is 394 g/mol. The summed E-state index contributed by atoms with van der Waals surface area (Å²) in [6.07, 6.45) is 3.34. The van der Waals surface area contributed by atoms with Gasteiger partial charge in [-0.15, -0.1) is 0 Å². The molecule has 1 aliphatic heterocycles. The third-order valence-corrected chi connectivity index (χ3v) is 5.93. The summed E-state index contributed by atoms with van der Waals surface area (Å²) in [7, 11) is 2.11. The van der Waals surface area contributed by atoms with E-state index < -0.39 is 5.95 Å². The molecule has 0 aromatic carbocycles. The maximum absolute atomic E-state index is 14.8. The summed E-state index contributed by atoms with van der Waals surface area (Å²) >= 11 is 1.62. The number of rotatable bonds is 3.